The molecule has 4 rings (SSSR count). The lowest BCUT2D eigenvalue weighted by Gasteiger charge is -2.36. The first-order valence-corrected chi connectivity index (χ1v) is 10.7. The Kier molecular flexibility index (Phi) is 5.80. The topological polar surface area (TPSA) is 94.5 Å². The van der Waals surface area contributed by atoms with E-state index < -0.39 is 18.0 Å². The second-order valence-corrected chi connectivity index (χ2v) is 8.18. The summed E-state index contributed by atoms with van der Waals surface area (Å²) in [6.07, 6.45) is -1.03. The van der Waals surface area contributed by atoms with Gasteiger partial charge in [0.2, 0.25) is 5.91 Å². The van der Waals surface area contributed by atoms with Crippen molar-refractivity contribution in [3.63, 3.8) is 0 Å². The van der Waals surface area contributed by atoms with Crippen molar-refractivity contribution < 1.29 is 23.5 Å². The van der Waals surface area contributed by atoms with Crippen LogP contribution in [0.1, 0.15) is 6.92 Å². The molecule has 0 spiro atoms. The Balaban J connectivity index is 1.38. The second-order valence-electron chi connectivity index (χ2n) is 7.24. The van der Waals surface area contributed by atoms with Crippen LogP contribution in [0.15, 0.2) is 23.2 Å². The fourth-order valence-corrected chi connectivity index (χ4v) is 4.46. The van der Waals surface area contributed by atoms with Gasteiger partial charge >= 0.3 is 6.09 Å². The molecule has 3 heterocycles. The second kappa shape index (κ2) is 8.50. The molecular weight excluding hydrogens is 413 g/mol. The number of thioether (sulfide) groups is 1. The first-order chi connectivity index (χ1) is 14.4. The number of carbonyl (C=O) groups is 3. The van der Waals surface area contributed by atoms with Crippen molar-refractivity contribution >= 4 is 46.2 Å². The van der Waals surface area contributed by atoms with Crippen molar-refractivity contribution in [2.75, 3.05) is 54.8 Å². The van der Waals surface area contributed by atoms with Gasteiger partial charge in [0.05, 0.1) is 30.2 Å². The number of nitrogens with zero attached hydrogens (tertiary/aromatic N) is 4. The number of halogens is 1. The number of hydrogen-bond donors (Lipinski definition) is 1. The predicted octanol–water partition coefficient (Wildman–Crippen LogP) is 1.04. The Hall–Kier alpha value is -2.82. The number of carbonyl (C=O) groups excluding carboxylic acids is 3. The minimum absolute atomic E-state index is 0.112. The van der Waals surface area contributed by atoms with Crippen LogP contribution in [0.3, 0.4) is 0 Å². The van der Waals surface area contributed by atoms with Gasteiger partial charge in [0.1, 0.15) is 11.9 Å². The summed E-state index contributed by atoms with van der Waals surface area (Å²) in [4.78, 5) is 43.9. The van der Waals surface area contributed by atoms with Gasteiger partial charge < -0.3 is 19.9 Å². The van der Waals surface area contributed by atoms with Gasteiger partial charge in [0.15, 0.2) is 5.17 Å². The zero-order valence-corrected chi connectivity index (χ0v) is 17.3. The van der Waals surface area contributed by atoms with Gasteiger partial charge in [0.25, 0.3) is 5.91 Å². The summed E-state index contributed by atoms with van der Waals surface area (Å²) in [6, 6.07) is 4.70. The van der Waals surface area contributed by atoms with E-state index in [1.807, 2.05) is 9.80 Å². The van der Waals surface area contributed by atoms with E-state index in [0.29, 0.717) is 43.3 Å². The first-order valence-electron chi connectivity index (χ1n) is 9.67. The lowest BCUT2D eigenvalue weighted by atomic mass is 10.2. The smallest absolute Gasteiger partial charge is 0.414 e. The van der Waals surface area contributed by atoms with Gasteiger partial charge in [-0.15, -0.1) is 0 Å². The number of hydrogen-bond acceptors (Lipinski definition) is 7. The molecule has 11 heteroatoms. The number of piperazine rings is 1. The number of nitrogens with one attached hydrogen (secondary N) is 1. The third kappa shape index (κ3) is 4.35. The molecule has 3 aliphatic rings. The standard InChI is InChI=1S/C19H22FN5O4S/c1-12(26)21-9-14-10-25(19(28)29-14)13-2-3-16(15(20)8-13)23-4-6-24(7-5-23)18-22-17(27)11-30-18/h2-3,8,14H,4-7,9-11H2,1H3,(H,21,26)/t14-/m0/s1. The van der Waals surface area contributed by atoms with Gasteiger partial charge in [0, 0.05) is 33.1 Å². The Morgan fingerprint density at radius 2 is 2.00 bits per heavy atom. The highest BCUT2D eigenvalue weighted by Crippen LogP contribution is 2.29. The largest absolute Gasteiger partial charge is 0.442 e. The lowest BCUT2D eigenvalue weighted by Crippen LogP contribution is -2.48. The molecule has 1 aromatic rings. The molecule has 0 bridgehead atoms. The molecule has 0 aromatic heterocycles. The normalized spacial score (nSPS) is 21.7. The molecule has 1 N–H and O–H groups in total. The van der Waals surface area contributed by atoms with Crippen LogP contribution in [-0.4, -0.2) is 79.1 Å². The molecule has 1 aromatic carbocycles. The molecule has 1 atom stereocenters. The molecule has 2 fully saturated rings. The van der Waals surface area contributed by atoms with Gasteiger partial charge in [-0.1, -0.05) is 11.8 Å². The fraction of sp³-hybridized carbons (Fsp3) is 0.474. The molecule has 0 radical (unpaired) electrons. The van der Waals surface area contributed by atoms with Crippen molar-refractivity contribution in [1.82, 2.24) is 10.2 Å². The molecule has 0 unspecified atom stereocenters. The van der Waals surface area contributed by atoms with Gasteiger partial charge in [-0.25, -0.2) is 9.18 Å². The fourth-order valence-electron chi connectivity index (χ4n) is 3.61. The van der Waals surface area contributed by atoms with Crippen LogP contribution < -0.4 is 15.1 Å². The summed E-state index contributed by atoms with van der Waals surface area (Å²) in [5.74, 6) is -0.346. The maximum Gasteiger partial charge on any atom is 0.414 e. The average molecular weight is 435 g/mol. The molecule has 2 saturated heterocycles. The first kappa shape index (κ1) is 20.5. The van der Waals surface area contributed by atoms with Crippen LogP contribution in [0.2, 0.25) is 0 Å². The number of rotatable bonds is 4. The Bertz CT molecular complexity index is 903. The zero-order valence-electron chi connectivity index (χ0n) is 16.5. The zero-order chi connectivity index (χ0) is 21.3. The van der Waals surface area contributed by atoms with Crippen molar-refractivity contribution in [2.45, 2.75) is 13.0 Å². The molecule has 3 amide bonds. The SMILES string of the molecule is CC(=O)NC[C@H]1CN(c2ccc(N3CCN(C4=NC(=O)CS4)CC3)c(F)c2)C(=O)O1. The summed E-state index contributed by atoms with van der Waals surface area (Å²) >= 11 is 1.44. The lowest BCUT2D eigenvalue weighted by molar-refractivity contribution is -0.119. The van der Waals surface area contributed by atoms with E-state index in [-0.39, 0.29) is 24.9 Å². The van der Waals surface area contributed by atoms with Crippen molar-refractivity contribution in [2.24, 2.45) is 4.99 Å². The monoisotopic (exact) mass is 435 g/mol. The molecular formula is C19H22FN5O4S. The molecule has 160 valence electrons. The number of benzene rings is 1. The van der Waals surface area contributed by atoms with E-state index in [1.54, 1.807) is 12.1 Å². The molecule has 9 nitrogen and oxygen atoms in total. The Morgan fingerprint density at radius 1 is 1.27 bits per heavy atom. The highest BCUT2D eigenvalue weighted by Gasteiger charge is 2.33. The van der Waals surface area contributed by atoms with Crippen molar-refractivity contribution in [3.05, 3.63) is 24.0 Å². The molecule has 3 aliphatic heterocycles. The van der Waals surface area contributed by atoms with Gasteiger partial charge in [-0.2, -0.15) is 4.99 Å². The van der Waals surface area contributed by atoms with E-state index in [9.17, 15) is 18.8 Å². The number of anilines is 2. The Morgan fingerprint density at radius 3 is 2.63 bits per heavy atom. The number of ether oxygens (including phenoxy) is 1. The van der Waals surface area contributed by atoms with Crippen LogP contribution >= 0.6 is 11.8 Å². The minimum Gasteiger partial charge on any atom is -0.442 e. The maximum atomic E-state index is 14.9. The maximum absolute atomic E-state index is 14.9. The third-order valence-corrected chi connectivity index (χ3v) is 6.13. The summed E-state index contributed by atoms with van der Waals surface area (Å²) in [5.41, 5.74) is 0.887. The highest BCUT2D eigenvalue weighted by atomic mass is 32.2. The number of aliphatic imine (C=N–C) groups is 1. The molecule has 30 heavy (non-hydrogen) atoms. The summed E-state index contributed by atoms with van der Waals surface area (Å²) < 4.78 is 20.1. The van der Waals surface area contributed by atoms with Crippen LogP contribution in [-0.2, 0) is 14.3 Å². The number of cyclic esters (lactones) is 1. The predicted molar refractivity (Wildman–Crippen MR) is 111 cm³/mol. The number of amides is 3. The summed E-state index contributed by atoms with van der Waals surface area (Å²) in [5, 5.41) is 3.36. The molecule has 0 aliphatic carbocycles. The van der Waals surface area contributed by atoms with Crippen molar-refractivity contribution in [1.29, 1.82) is 0 Å². The summed E-state index contributed by atoms with van der Waals surface area (Å²) in [7, 11) is 0. The van der Waals surface area contributed by atoms with Crippen molar-refractivity contribution in [3.8, 4) is 0 Å². The minimum atomic E-state index is -0.560. The highest BCUT2D eigenvalue weighted by molar-refractivity contribution is 8.14. The van der Waals surface area contributed by atoms with E-state index in [4.69, 9.17) is 4.74 Å². The van der Waals surface area contributed by atoms with Crippen LogP contribution in [0.25, 0.3) is 0 Å². The van der Waals surface area contributed by atoms with Gasteiger partial charge in [-0.3, -0.25) is 14.5 Å². The third-order valence-electron chi connectivity index (χ3n) is 5.13. The average Bonchev–Trinajstić information content (AvgIpc) is 3.32. The van der Waals surface area contributed by atoms with E-state index in [0.717, 1.165) is 5.17 Å². The van der Waals surface area contributed by atoms with E-state index in [1.165, 1.54) is 29.7 Å². The van der Waals surface area contributed by atoms with Gasteiger partial charge in [-0.05, 0) is 18.2 Å². The van der Waals surface area contributed by atoms with E-state index in [2.05, 4.69) is 10.3 Å². The quantitative estimate of drug-likeness (QED) is 0.755. The summed E-state index contributed by atoms with van der Waals surface area (Å²) in [6.45, 7) is 4.38. The van der Waals surface area contributed by atoms with E-state index >= 15 is 0 Å². The Labute approximate surface area is 177 Å². The van der Waals surface area contributed by atoms with Crippen LogP contribution in [0.4, 0.5) is 20.6 Å². The molecule has 0 saturated carbocycles. The van der Waals surface area contributed by atoms with Crippen LogP contribution in [0, 0.1) is 5.82 Å². The van der Waals surface area contributed by atoms with Crippen LogP contribution in [0.5, 0.6) is 0 Å². The number of amidine groups is 1.